The fourth-order valence-corrected chi connectivity index (χ4v) is 17.5. The summed E-state index contributed by atoms with van der Waals surface area (Å²) in [5, 5.41) is 245. The summed E-state index contributed by atoms with van der Waals surface area (Å²) in [5.41, 5.74) is 0. The second-order valence-electron chi connectivity index (χ2n) is 34.9. The topological polar surface area (TPSA) is 674 Å². The van der Waals surface area contributed by atoms with Gasteiger partial charge < -0.3 is 185 Å². The van der Waals surface area contributed by atoms with E-state index in [1.54, 1.807) is 0 Å². The average Bonchev–Trinajstić information content (AvgIpc) is 0.733. The van der Waals surface area contributed by atoms with Gasteiger partial charge in [0.05, 0.1) is 88.8 Å². The van der Waals surface area contributed by atoms with Gasteiger partial charge in [-0.1, -0.05) is 187 Å². The molecule has 127 heavy (non-hydrogen) atoms. The van der Waals surface area contributed by atoms with Crippen molar-refractivity contribution in [2.24, 2.45) is 5.92 Å². The number of rotatable bonds is 61. The molecule has 3 amide bonds. The van der Waals surface area contributed by atoms with Gasteiger partial charge in [-0.2, -0.15) is 0 Å². The van der Waals surface area contributed by atoms with Crippen molar-refractivity contribution in [1.82, 2.24) is 16.0 Å². The molecule has 6 saturated heterocycles. The van der Waals surface area contributed by atoms with Gasteiger partial charge in [0.2, 0.25) is 17.7 Å². The summed E-state index contributed by atoms with van der Waals surface area (Å²) >= 11 is 0. The zero-order valence-electron chi connectivity index (χ0n) is 74.0. The van der Waals surface area contributed by atoms with Gasteiger partial charge in [-0.05, 0) is 19.8 Å². The summed E-state index contributed by atoms with van der Waals surface area (Å²) in [5.74, 6) is -16.5. The minimum atomic E-state index is -3.67. The number of hydrogen-bond acceptors (Lipinski definition) is 37. The first-order chi connectivity index (χ1) is 60.6. The second kappa shape index (κ2) is 56.8. The molecule has 0 saturated carbocycles. The molecule has 6 aliphatic rings. The third-order valence-electron chi connectivity index (χ3n) is 24.7. The van der Waals surface area contributed by atoms with E-state index in [9.17, 15) is 136 Å². The SMILES string of the molecule is CCCCCCCCCCCCCCCCCC(=O)NC(COC1OC(CO)C(OC2OC(CO)C(OC3OC(CO)C(O)C(OC4OC(CO)C(O)C(O)C4O)C3CC(C)=O)C(OC3(C(=O)O)CC(O)C(NC(C)=O)C(C(O)C(CO)OC4(C(=O)O)CC(O)C(NC(C)=O)C(C(O)C(O)CO)O4)O3)C2O)C(O)C1O)C(O)CCCCCCCCCCCCCCC. The quantitative estimate of drug-likeness (QED) is 0.0279. The number of ether oxygens (including phenoxy) is 12. The second-order valence-corrected chi connectivity index (χ2v) is 34.9. The van der Waals surface area contributed by atoms with E-state index >= 15 is 0 Å². The van der Waals surface area contributed by atoms with Gasteiger partial charge in [0.25, 0.3) is 11.6 Å². The van der Waals surface area contributed by atoms with Gasteiger partial charge in [-0.3, -0.25) is 14.4 Å². The monoisotopic (exact) mass is 1840 g/mol. The van der Waals surface area contributed by atoms with E-state index in [0.29, 0.717) is 12.8 Å². The number of ketones is 1. The number of nitrogens with one attached hydrogen (secondary N) is 3. The van der Waals surface area contributed by atoms with Gasteiger partial charge >= 0.3 is 11.9 Å². The van der Waals surface area contributed by atoms with Gasteiger partial charge in [-0.15, -0.1) is 0 Å². The van der Waals surface area contributed by atoms with Crippen LogP contribution in [0.5, 0.6) is 0 Å². The van der Waals surface area contributed by atoms with Crippen molar-refractivity contribution < 1.29 is 193 Å². The zero-order valence-corrected chi connectivity index (χ0v) is 74.0. The number of Topliss-reactive ketones (excluding diaryl/α,β-unsaturated/α-hetero) is 1. The molecule has 24 N–H and O–H groups in total. The highest BCUT2D eigenvalue weighted by molar-refractivity contribution is 5.78. The molecule has 34 atom stereocenters. The predicted molar refractivity (Wildman–Crippen MR) is 441 cm³/mol. The van der Waals surface area contributed by atoms with E-state index in [2.05, 4.69) is 29.8 Å². The fourth-order valence-electron chi connectivity index (χ4n) is 17.5. The molecule has 42 nitrogen and oxygen atoms in total. The Kier molecular flexibility index (Phi) is 49.9. The number of aliphatic carboxylic acids is 2. The molecule has 42 heteroatoms. The zero-order chi connectivity index (χ0) is 93.8. The van der Waals surface area contributed by atoms with Crippen molar-refractivity contribution in [2.75, 3.05) is 46.2 Å². The van der Waals surface area contributed by atoms with Crippen LogP contribution in [0.4, 0.5) is 0 Å². The largest absolute Gasteiger partial charge is 0.477 e. The highest BCUT2D eigenvalue weighted by Crippen LogP contribution is 2.44. The third-order valence-corrected chi connectivity index (χ3v) is 24.7. The van der Waals surface area contributed by atoms with Crippen LogP contribution in [0.3, 0.4) is 0 Å². The van der Waals surface area contributed by atoms with Crippen LogP contribution < -0.4 is 16.0 Å². The Morgan fingerprint density at radius 2 is 0.827 bits per heavy atom. The highest BCUT2D eigenvalue weighted by Gasteiger charge is 2.64. The molecule has 0 aromatic heterocycles. The molecule has 0 spiro atoms. The first-order valence-corrected chi connectivity index (χ1v) is 45.8. The van der Waals surface area contributed by atoms with E-state index in [1.807, 2.05) is 0 Å². The number of unbranched alkanes of at least 4 members (excludes halogenated alkanes) is 26. The lowest BCUT2D eigenvalue weighted by Crippen LogP contribution is -2.72. The Bertz CT molecular complexity index is 3140. The number of carbonyl (C=O) groups is 6. The molecule has 6 rings (SSSR count). The number of carboxylic acids is 2. The summed E-state index contributed by atoms with van der Waals surface area (Å²) in [6.07, 6.45) is -33.7. The molecule has 34 unspecified atom stereocenters. The molecule has 0 aromatic carbocycles. The molecule has 6 aliphatic heterocycles. The number of aliphatic hydroxyl groups excluding tert-OH is 19. The molecular weight excluding hydrogens is 1690 g/mol. The Morgan fingerprint density at radius 1 is 0.417 bits per heavy atom. The Balaban J connectivity index is 1.33. The Morgan fingerprint density at radius 3 is 1.30 bits per heavy atom. The van der Waals surface area contributed by atoms with E-state index in [0.717, 1.165) is 91.4 Å². The van der Waals surface area contributed by atoms with E-state index in [-0.39, 0.29) is 12.8 Å². The number of aliphatic hydroxyl groups is 19. The van der Waals surface area contributed by atoms with Crippen LogP contribution in [0.2, 0.25) is 0 Å². The summed E-state index contributed by atoms with van der Waals surface area (Å²) in [6.45, 7) is -0.706. The molecule has 0 bridgehead atoms. The van der Waals surface area contributed by atoms with Gasteiger partial charge in [-0.25, -0.2) is 9.59 Å². The molecule has 6 heterocycles. The van der Waals surface area contributed by atoms with Crippen LogP contribution in [0.15, 0.2) is 0 Å². The lowest BCUT2D eigenvalue weighted by atomic mass is 9.86. The molecule has 740 valence electrons. The standard InChI is InChI=1S/C85H151N3O39/c1-6-8-10-12-14-16-18-20-21-23-25-27-29-31-33-35-60(102)88-50(51(98)34-32-30-28-26-24-22-19-17-15-13-11-9-7-2)45-116-79-70(110)68(108)73(58(43-93)119-79)122-81-71(111)77(74(59(44-94)120-81)123-78-49(36-46(3)95)72(65(105)56(41-91)117-78)121-80-69(109)67(107)64(104)55(40-90)118-80)127-85(83(114)115)38-53(100)62(87-48(5)97)76(126-85)66(106)57(42-92)124-84(82(112)113)37-52(99)61(86-47(4)96)75(125-84)63(103)54(101)39-89/h49-59,61-81,89-94,98-101,103-111H,6-45H2,1-5H3,(H,86,96)(H,87,97)(H,88,102)(H,112,113)(H,114,115). The van der Waals surface area contributed by atoms with Crippen molar-refractivity contribution in [2.45, 2.75) is 448 Å². The van der Waals surface area contributed by atoms with Gasteiger partial charge in [0, 0.05) is 45.4 Å². The first kappa shape index (κ1) is 112. The maximum Gasteiger partial charge on any atom is 0.364 e. The molecule has 0 radical (unpaired) electrons. The minimum absolute atomic E-state index is 0.113. The maximum atomic E-state index is 14.4. The van der Waals surface area contributed by atoms with Crippen molar-refractivity contribution >= 4 is 35.4 Å². The van der Waals surface area contributed by atoms with E-state index in [4.69, 9.17) is 56.8 Å². The summed E-state index contributed by atoms with van der Waals surface area (Å²) < 4.78 is 72.6. The van der Waals surface area contributed by atoms with Gasteiger partial charge in [0.1, 0.15) is 128 Å². The minimum Gasteiger partial charge on any atom is -0.477 e. The van der Waals surface area contributed by atoms with Crippen molar-refractivity contribution in [1.29, 1.82) is 0 Å². The number of carbonyl (C=O) groups excluding carboxylic acids is 4. The smallest absolute Gasteiger partial charge is 0.364 e. The first-order valence-electron chi connectivity index (χ1n) is 45.8. The van der Waals surface area contributed by atoms with Crippen molar-refractivity contribution in [3.63, 3.8) is 0 Å². The summed E-state index contributed by atoms with van der Waals surface area (Å²) in [7, 11) is 0. The van der Waals surface area contributed by atoms with Crippen LogP contribution in [0.25, 0.3) is 0 Å². The van der Waals surface area contributed by atoms with Gasteiger partial charge in [0.15, 0.2) is 25.2 Å². The van der Waals surface area contributed by atoms with Crippen molar-refractivity contribution in [3.05, 3.63) is 0 Å². The summed E-state index contributed by atoms with van der Waals surface area (Å²) in [6, 6.07) is -5.01. The van der Waals surface area contributed by atoms with Crippen LogP contribution in [0, 0.1) is 5.92 Å². The van der Waals surface area contributed by atoms with E-state index in [1.165, 1.54) is 96.3 Å². The molecule has 0 aliphatic carbocycles. The number of amides is 3. The molecule has 6 fully saturated rings. The third kappa shape index (κ3) is 32.8. The predicted octanol–water partition coefficient (Wildman–Crippen LogP) is -2.55. The lowest BCUT2D eigenvalue weighted by Gasteiger charge is -2.53. The molecule has 0 aromatic rings. The molecular formula is C85H151N3O39. The lowest BCUT2D eigenvalue weighted by molar-refractivity contribution is -0.407. The highest BCUT2D eigenvalue weighted by atomic mass is 16.8. The maximum absolute atomic E-state index is 14.4. The van der Waals surface area contributed by atoms with Crippen LogP contribution in [0.1, 0.15) is 247 Å². The Hall–Kier alpha value is -4.22. The number of hydrogen-bond donors (Lipinski definition) is 24. The van der Waals surface area contributed by atoms with Crippen molar-refractivity contribution in [3.8, 4) is 0 Å². The fraction of sp³-hybridized carbons (Fsp3) is 0.929. The van der Waals surface area contributed by atoms with Crippen LogP contribution in [-0.4, -0.2) is 390 Å². The average molecular weight is 1840 g/mol. The van der Waals surface area contributed by atoms with Crippen LogP contribution >= 0.6 is 0 Å². The Labute approximate surface area is 741 Å². The van der Waals surface area contributed by atoms with Crippen LogP contribution in [-0.2, 0) is 85.6 Å². The summed E-state index contributed by atoms with van der Waals surface area (Å²) in [4.78, 5) is 80.5. The van der Waals surface area contributed by atoms with E-state index < -0.39 is 308 Å². The normalized spacial score (nSPS) is 35.1. The number of carboxylic acid groups (broad SMARTS) is 2.